The van der Waals surface area contributed by atoms with Gasteiger partial charge in [-0.25, -0.2) is 0 Å². The Morgan fingerprint density at radius 2 is 1.75 bits per heavy atom. The zero-order valence-electron chi connectivity index (χ0n) is 10.5. The molecule has 1 unspecified atom stereocenters. The third-order valence-electron chi connectivity index (χ3n) is 2.77. The number of rotatable bonds is 5. The average Bonchev–Trinajstić information content (AvgIpc) is 2.45. The molecule has 0 aliphatic rings. The molecular weight excluding hydrogens is 319 g/mol. The maximum absolute atomic E-state index is 9.98. The van der Waals surface area contributed by atoms with Crippen molar-refractivity contribution < 1.29 is 9.84 Å². The van der Waals surface area contributed by atoms with Gasteiger partial charge in [-0.1, -0.05) is 48.0 Å². The van der Waals surface area contributed by atoms with Gasteiger partial charge < -0.3 is 9.84 Å². The predicted molar refractivity (Wildman–Crippen MR) is 82.7 cm³/mol. The van der Waals surface area contributed by atoms with Gasteiger partial charge in [-0.05, 0) is 17.7 Å². The quantitative estimate of drug-likeness (QED) is 0.801. The fourth-order valence-corrected chi connectivity index (χ4v) is 2.18. The molecule has 2 aromatic carbocycles. The summed E-state index contributed by atoms with van der Waals surface area (Å²) < 4.78 is 5.71. The maximum atomic E-state index is 9.98. The molecule has 0 heterocycles. The van der Waals surface area contributed by atoms with Gasteiger partial charge in [0.15, 0.2) is 0 Å². The Balaban J connectivity index is 2.19. The van der Waals surface area contributed by atoms with Crippen LogP contribution in [0, 0.1) is 0 Å². The molecule has 0 amide bonds. The lowest BCUT2D eigenvalue weighted by Gasteiger charge is -2.17. The van der Waals surface area contributed by atoms with Gasteiger partial charge >= 0.3 is 0 Å². The minimum absolute atomic E-state index is 0.371. The molecule has 0 aromatic heterocycles. The van der Waals surface area contributed by atoms with E-state index in [1.54, 1.807) is 18.2 Å². The summed E-state index contributed by atoms with van der Waals surface area (Å²) in [7, 11) is 0. The third kappa shape index (κ3) is 4.03. The molecule has 0 aliphatic heterocycles. The van der Waals surface area contributed by atoms with Crippen molar-refractivity contribution in [1.82, 2.24) is 0 Å². The lowest BCUT2D eigenvalue weighted by molar-refractivity contribution is 0.184. The van der Waals surface area contributed by atoms with Crippen LogP contribution in [0.1, 0.15) is 17.2 Å². The first kappa shape index (κ1) is 15.5. The molecule has 2 aromatic rings. The van der Waals surface area contributed by atoms with E-state index in [4.69, 9.17) is 39.5 Å². The summed E-state index contributed by atoms with van der Waals surface area (Å²) in [6.45, 7) is 0.371. The Kier molecular flexibility index (Phi) is 5.55. The van der Waals surface area contributed by atoms with E-state index in [-0.39, 0.29) is 0 Å². The minimum atomic E-state index is -1.03. The summed E-state index contributed by atoms with van der Waals surface area (Å²) >= 11 is 17.4. The minimum Gasteiger partial charge on any atom is -0.488 e. The van der Waals surface area contributed by atoms with Gasteiger partial charge in [0.05, 0.1) is 0 Å². The number of hydrogen-bond donors (Lipinski definition) is 1. The van der Waals surface area contributed by atoms with Crippen LogP contribution in [0.2, 0.25) is 5.02 Å². The molecular formula is C15H13Cl3O2. The van der Waals surface area contributed by atoms with Crippen molar-refractivity contribution in [2.45, 2.75) is 17.5 Å². The molecule has 0 spiro atoms. The van der Waals surface area contributed by atoms with Gasteiger partial charge in [-0.2, -0.15) is 0 Å². The van der Waals surface area contributed by atoms with Crippen LogP contribution in [0.4, 0.5) is 0 Å². The first-order valence-electron chi connectivity index (χ1n) is 6.00. The number of ether oxygens (including phenoxy) is 1. The monoisotopic (exact) mass is 330 g/mol. The third-order valence-corrected chi connectivity index (χ3v) is 3.48. The molecule has 0 bridgehead atoms. The summed E-state index contributed by atoms with van der Waals surface area (Å²) in [6, 6.07) is 14.7. The topological polar surface area (TPSA) is 29.5 Å². The highest BCUT2D eigenvalue weighted by Crippen LogP contribution is 2.33. The number of alkyl halides is 2. The van der Waals surface area contributed by atoms with Crippen LogP contribution >= 0.6 is 34.8 Å². The van der Waals surface area contributed by atoms with Crippen LogP contribution in [0.25, 0.3) is 0 Å². The fraction of sp³-hybridized carbons (Fsp3) is 0.200. The van der Waals surface area contributed by atoms with Crippen molar-refractivity contribution in [1.29, 1.82) is 0 Å². The number of aliphatic hydroxyl groups is 1. The fourth-order valence-electron chi connectivity index (χ4n) is 1.75. The van der Waals surface area contributed by atoms with Crippen LogP contribution in [0.3, 0.4) is 0 Å². The van der Waals surface area contributed by atoms with Crippen LogP contribution < -0.4 is 4.74 Å². The largest absolute Gasteiger partial charge is 0.488 e. The van der Waals surface area contributed by atoms with Crippen LogP contribution in [0.15, 0.2) is 48.5 Å². The van der Waals surface area contributed by atoms with Crippen molar-refractivity contribution >= 4 is 34.8 Å². The predicted octanol–water partition coefficient (Wildman–Crippen LogP) is 4.76. The second kappa shape index (κ2) is 7.19. The van der Waals surface area contributed by atoms with Crippen molar-refractivity contribution in [3.63, 3.8) is 0 Å². The maximum Gasteiger partial charge on any atom is 0.137 e. The number of halogens is 3. The molecule has 20 heavy (non-hydrogen) atoms. The summed E-state index contributed by atoms with van der Waals surface area (Å²) in [5, 5.41) is 10.5. The smallest absolute Gasteiger partial charge is 0.137 e. The standard InChI is InChI=1S/C15H13Cl3O2/c16-11-6-7-12(14(19)15(17)18)13(8-11)20-9-10-4-2-1-3-5-10/h1-8,14-15,19H,9H2. The van der Waals surface area contributed by atoms with E-state index in [9.17, 15) is 5.11 Å². The Morgan fingerprint density at radius 1 is 1.05 bits per heavy atom. The Morgan fingerprint density at radius 3 is 2.40 bits per heavy atom. The zero-order chi connectivity index (χ0) is 14.5. The first-order valence-corrected chi connectivity index (χ1v) is 7.25. The molecule has 1 atom stereocenters. The summed E-state index contributed by atoms with van der Waals surface area (Å²) in [6.07, 6.45) is -1.03. The molecule has 0 radical (unpaired) electrons. The van der Waals surface area contributed by atoms with E-state index < -0.39 is 10.9 Å². The van der Waals surface area contributed by atoms with Gasteiger partial charge in [0.25, 0.3) is 0 Å². The van der Waals surface area contributed by atoms with E-state index in [2.05, 4.69) is 0 Å². The molecule has 0 aliphatic carbocycles. The van der Waals surface area contributed by atoms with E-state index in [0.29, 0.717) is 22.9 Å². The highest BCUT2D eigenvalue weighted by atomic mass is 35.5. The van der Waals surface area contributed by atoms with Crippen molar-refractivity contribution in [2.75, 3.05) is 0 Å². The van der Waals surface area contributed by atoms with E-state index in [0.717, 1.165) is 5.56 Å². The lowest BCUT2D eigenvalue weighted by Crippen LogP contribution is -2.08. The highest BCUT2D eigenvalue weighted by Gasteiger charge is 2.20. The number of benzene rings is 2. The normalized spacial score (nSPS) is 12.4. The number of hydrogen-bond acceptors (Lipinski definition) is 2. The molecule has 0 saturated carbocycles. The van der Waals surface area contributed by atoms with E-state index in [1.807, 2.05) is 30.3 Å². The molecule has 0 fully saturated rings. The molecule has 2 rings (SSSR count). The van der Waals surface area contributed by atoms with E-state index in [1.165, 1.54) is 0 Å². The molecule has 1 N–H and O–H groups in total. The van der Waals surface area contributed by atoms with Crippen molar-refractivity contribution in [2.24, 2.45) is 0 Å². The highest BCUT2D eigenvalue weighted by molar-refractivity contribution is 6.44. The molecule has 0 saturated heterocycles. The van der Waals surface area contributed by atoms with Gasteiger partial charge in [-0.3, -0.25) is 0 Å². The Bertz CT molecular complexity index is 558. The molecule has 2 nitrogen and oxygen atoms in total. The van der Waals surface area contributed by atoms with Crippen molar-refractivity contribution in [3.05, 3.63) is 64.7 Å². The van der Waals surface area contributed by atoms with Crippen LogP contribution in [-0.4, -0.2) is 9.94 Å². The lowest BCUT2D eigenvalue weighted by atomic mass is 10.1. The summed E-state index contributed by atoms with van der Waals surface area (Å²) in [5.41, 5.74) is 1.53. The molecule has 5 heteroatoms. The van der Waals surface area contributed by atoms with E-state index >= 15 is 0 Å². The number of aliphatic hydroxyl groups excluding tert-OH is 1. The van der Waals surface area contributed by atoms with Crippen LogP contribution in [-0.2, 0) is 6.61 Å². The van der Waals surface area contributed by atoms with Gasteiger partial charge in [0, 0.05) is 10.6 Å². The van der Waals surface area contributed by atoms with Crippen molar-refractivity contribution in [3.8, 4) is 5.75 Å². The Hall–Kier alpha value is -0.930. The second-order valence-electron chi connectivity index (χ2n) is 4.24. The van der Waals surface area contributed by atoms with Crippen LogP contribution in [0.5, 0.6) is 5.75 Å². The second-order valence-corrected chi connectivity index (χ2v) is 5.84. The summed E-state index contributed by atoms with van der Waals surface area (Å²) in [5.74, 6) is 0.472. The van der Waals surface area contributed by atoms with Gasteiger partial charge in [0.1, 0.15) is 23.3 Å². The zero-order valence-corrected chi connectivity index (χ0v) is 12.7. The Labute approximate surface area is 132 Å². The average molecular weight is 332 g/mol. The summed E-state index contributed by atoms with van der Waals surface area (Å²) in [4.78, 5) is -0.935. The van der Waals surface area contributed by atoms with Gasteiger partial charge in [0.2, 0.25) is 0 Å². The SMILES string of the molecule is OC(c1ccc(Cl)cc1OCc1ccccc1)C(Cl)Cl. The van der Waals surface area contributed by atoms with Gasteiger partial charge in [-0.15, -0.1) is 23.2 Å². The first-order chi connectivity index (χ1) is 9.58. The molecule has 106 valence electrons.